The fourth-order valence-electron chi connectivity index (χ4n) is 0.905. The minimum Gasteiger partial charge on any atom is -0.221 e. The molecule has 0 aliphatic carbocycles. The first-order chi connectivity index (χ1) is 5.68. The van der Waals surface area contributed by atoms with Crippen LogP contribution in [0.2, 0.25) is 10.4 Å². The molecule has 0 radical (unpaired) electrons. The first kappa shape index (κ1) is 8.29. The van der Waals surface area contributed by atoms with Gasteiger partial charge >= 0.3 is 0 Å². The highest BCUT2D eigenvalue weighted by atomic mass is 79.9. The van der Waals surface area contributed by atoms with Gasteiger partial charge in [-0.2, -0.15) is 0 Å². The van der Waals surface area contributed by atoms with E-state index in [9.17, 15) is 0 Å². The molecule has 12 heavy (non-hydrogen) atoms. The van der Waals surface area contributed by atoms with Crippen molar-refractivity contribution < 1.29 is 0 Å². The number of nitrogens with zero attached hydrogens (tertiary/aromatic N) is 3. The molecule has 2 aromatic heterocycles. The molecular weight excluding hydrogens is 265 g/mol. The molecule has 0 amide bonds. The second-order valence-corrected chi connectivity index (χ2v) is 3.63. The average Bonchev–Trinajstić information content (AvgIpc) is 2.33. The molecule has 62 valence electrons. The third-order valence-corrected chi connectivity index (χ3v) is 2.43. The van der Waals surface area contributed by atoms with Crippen LogP contribution in [0, 0.1) is 0 Å². The van der Waals surface area contributed by atoms with Gasteiger partial charge < -0.3 is 0 Å². The highest BCUT2D eigenvalue weighted by Crippen LogP contribution is 2.21. The second-order valence-electron chi connectivity index (χ2n) is 2.12. The summed E-state index contributed by atoms with van der Waals surface area (Å²) in [6.07, 6.45) is 0. The Bertz CT molecular complexity index is 440. The Kier molecular flexibility index (Phi) is 1.98. The van der Waals surface area contributed by atoms with Crippen molar-refractivity contribution in [2.45, 2.75) is 0 Å². The quantitative estimate of drug-likeness (QED) is 0.734. The molecule has 0 bridgehead atoms. The Balaban J connectivity index is 2.92. The van der Waals surface area contributed by atoms with E-state index in [4.69, 9.17) is 23.2 Å². The fourth-order valence-corrected chi connectivity index (χ4v) is 1.73. The lowest BCUT2D eigenvalue weighted by molar-refractivity contribution is 0.886. The molecule has 0 unspecified atom stereocenters. The van der Waals surface area contributed by atoms with Crippen LogP contribution in [0.3, 0.4) is 0 Å². The lowest BCUT2D eigenvalue weighted by Gasteiger charge is -1.97. The average molecular weight is 267 g/mol. The van der Waals surface area contributed by atoms with Gasteiger partial charge in [-0.3, -0.25) is 0 Å². The van der Waals surface area contributed by atoms with Gasteiger partial charge in [-0.05, 0) is 39.7 Å². The molecule has 0 spiro atoms. The molecule has 6 heteroatoms. The van der Waals surface area contributed by atoms with Crippen molar-refractivity contribution in [2.24, 2.45) is 0 Å². The van der Waals surface area contributed by atoms with Crippen molar-refractivity contribution in [1.82, 2.24) is 14.6 Å². The largest absolute Gasteiger partial charge is 0.242 e. The predicted octanol–water partition coefficient (Wildman–Crippen LogP) is 2.80. The van der Waals surface area contributed by atoms with Crippen LogP contribution in [0.5, 0.6) is 0 Å². The van der Waals surface area contributed by atoms with Crippen LogP contribution in [0.25, 0.3) is 5.52 Å². The van der Waals surface area contributed by atoms with Gasteiger partial charge in [0.2, 0.25) is 5.28 Å². The van der Waals surface area contributed by atoms with Crippen molar-refractivity contribution in [2.75, 3.05) is 0 Å². The molecule has 0 aliphatic rings. The van der Waals surface area contributed by atoms with Gasteiger partial charge in [0, 0.05) is 0 Å². The maximum absolute atomic E-state index is 5.80. The van der Waals surface area contributed by atoms with Gasteiger partial charge in [0.05, 0.1) is 0 Å². The summed E-state index contributed by atoms with van der Waals surface area (Å²) in [6.45, 7) is 0. The minimum absolute atomic E-state index is 0.129. The molecule has 2 aromatic rings. The van der Waals surface area contributed by atoms with Gasteiger partial charge in [-0.1, -0.05) is 11.6 Å². The van der Waals surface area contributed by atoms with Gasteiger partial charge in [0.25, 0.3) is 0 Å². The van der Waals surface area contributed by atoms with E-state index in [1.54, 1.807) is 4.52 Å². The topological polar surface area (TPSA) is 30.2 Å². The Hall–Kier alpha value is -0.320. The zero-order chi connectivity index (χ0) is 8.72. The molecule has 0 aromatic carbocycles. The highest BCUT2D eigenvalue weighted by Gasteiger charge is 2.06. The standard InChI is InChI=1S/C6H2BrCl2N3/c7-4-2-1-3-5(8)10-6(9)11-12(3)4/h1-2H. The SMILES string of the molecule is Clc1nc(Cl)c2ccc(Br)n2n1. The summed E-state index contributed by atoms with van der Waals surface area (Å²) < 4.78 is 2.38. The van der Waals surface area contributed by atoms with Crippen molar-refractivity contribution in [3.05, 3.63) is 27.2 Å². The molecular formula is C6H2BrCl2N3. The molecule has 0 fully saturated rings. The van der Waals surface area contributed by atoms with E-state index in [2.05, 4.69) is 26.0 Å². The van der Waals surface area contributed by atoms with Crippen LogP contribution >= 0.6 is 39.1 Å². The Morgan fingerprint density at radius 3 is 2.83 bits per heavy atom. The van der Waals surface area contributed by atoms with Crippen LogP contribution < -0.4 is 0 Å². The van der Waals surface area contributed by atoms with Crippen LogP contribution in [-0.4, -0.2) is 14.6 Å². The zero-order valence-electron chi connectivity index (χ0n) is 5.63. The minimum atomic E-state index is 0.129. The summed E-state index contributed by atoms with van der Waals surface area (Å²) in [5.74, 6) is 0. The lowest BCUT2D eigenvalue weighted by Crippen LogP contribution is -1.94. The summed E-state index contributed by atoms with van der Waals surface area (Å²) in [7, 11) is 0. The number of rotatable bonds is 0. The smallest absolute Gasteiger partial charge is 0.221 e. The molecule has 3 nitrogen and oxygen atoms in total. The number of halogens is 3. The second kappa shape index (κ2) is 2.87. The van der Waals surface area contributed by atoms with E-state index < -0.39 is 0 Å². The third-order valence-electron chi connectivity index (χ3n) is 1.39. The van der Waals surface area contributed by atoms with Crippen molar-refractivity contribution in [1.29, 1.82) is 0 Å². The number of fused-ring (bicyclic) bond motifs is 1. The molecule has 0 N–H and O–H groups in total. The van der Waals surface area contributed by atoms with Crippen molar-refractivity contribution >= 4 is 44.6 Å². The normalized spacial score (nSPS) is 10.9. The first-order valence-electron chi connectivity index (χ1n) is 3.05. The zero-order valence-corrected chi connectivity index (χ0v) is 8.73. The fraction of sp³-hybridized carbons (Fsp3) is 0. The van der Waals surface area contributed by atoms with E-state index in [1.165, 1.54) is 0 Å². The molecule has 0 saturated heterocycles. The highest BCUT2D eigenvalue weighted by molar-refractivity contribution is 9.10. The van der Waals surface area contributed by atoms with Gasteiger partial charge in [0.15, 0.2) is 5.15 Å². The van der Waals surface area contributed by atoms with Crippen LogP contribution in [0.1, 0.15) is 0 Å². The van der Waals surface area contributed by atoms with Crippen LogP contribution in [0.4, 0.5) is 0 Å². The summed E-state index contributed by atoms with van der Waals surface area (Å²) >= 11 is 14.7. The monoisotopic (exact) mass is 265 g/mol. The summed E-state index contributed by atoms with van der Waals surface area (Å²) in [5.41, 5.74) is 0.730. The van der Waals surface area contributed by atoms with E-state index >= 15 is 0 Å². The van der Waals surface area contributed by atoms with Gasteiger partial charge in [-0.15, -0.1) is 5.10 Å². The number of aromatic nitrogens is 3. The van der Waals surface area contributed by atoms with E-state index in [1.807, 2.05) is 12.1 Å². The van der Waals surface area contributed by atoms with E-state index in [0.717, 1.165) is 10.1 Å². The van der Waals surface area contributed by atoms with Crippen molar-refractivity contribution in [3.8, 4) is 0 Å². The first-order valence-corrected chi connectivity index (χ1v) is 4.59. The maximum Gasteiger partial charge on any atom is 0.242 e. The molecule has 0 saturated carbocycles. The van der Waals surface area contributed by atoms with Crippen molar-refractivity contribution in [3.63, 3.8) is 0 Å². The van der Waals surface area contributed by atoms with Gasteiger partial charge in [0.1, 0.15) is 10.1 Å². The predicted molar refractivity (Wildman–Crippen MR) is 50.7 cm³/mol. The Morgan fingerprint density at radius 1 is 1.33 bits per heavy atom. The summed E-state index contributed by atoms with van der Waals surface area (Å²) in [5, 5.41) is 4.41. The molecule has 0 aliphatic heterocycles. The maximum atomic E-state index is 5.80. The molecule has 0 atom stereocenters. The third kappa shape index (κ3) is 1.20. The lowest BCUT2D eigenvalue weighted by atomic mass is 10.5. The van der Waals surface area contributed by atoms with Crippen LogP contribution in [0.15, 0.2) is 16.7 Å². The molecule has 2 rings (SSSR count). The number of hydrogen-bond donors (Lipinski definition) is 0. The van der Waals surface area contributed by atoms with Gasteiger partial charge in [-0.25, -0.2) is 9.50 Å². The van der Waals surface area contributed by atoms with E-state index in [-0.39, 0.29) is 5.28 Å². The molecule has 2 heterocycles. The van der Waals surface area contributed by atoms with E-state index in [0.29, 0.717) is 5.15 Å². The van der Waals surface area contributed by atoms with Crippen LogP contribution in [-0.2, 0) is 0 Å². The summed E-state index contributed by atoms with van der Waals surface area (Å²) in [4.78, 5) is 3.79. The Labute approximate surface area is 86.4 Å². The summed E-state index contributed by atoms with van der Waals surface area (Å²) in [6, 6.07) is 3.63. The Morgan fingerprint density at radius 2 is 2.08 bits per heavy atom. The number of hydrogen-bond acceptors (Lipinski definition) is 2.